The number of nitrogens with zero attached hydrogens (tertiary/aromatic N) is 3. The van der Waals surface area contributed by atoms with Gasteiger partial charge in [0.2, 0.25) is 15.9 Å². The molecule has 3 rings (SSSR count). The zero-order valence-electron chi connectivity index (χ0n) is 15.5. The Morgan fingerprint density at radius 2 is 1.90 bits per heavy atom. The van der Waals surface area contributed by atoms with Gasteiger partial charge >= 0.3 is 0 Å². The van der Waals surface area contributed by atoms with E-state index in [0.717, 1.165) is 10.1 Å². The number of hydrogen-bond acceptors (Lipinski definition) is 7. The summed E-state index contributed by atoms with van der Waals surface area (Å²) in [5.41, 5.74) is 0.313. The first-order valence-electron chi connectivity index (χ1n) is 8.67. The number of primary sulfonamides is 1. The van der Waals surface area contributed by atoms with Crippen molar-refractivity contribution < 1.29 is 18.1 Å². The molecule has 0 aliphatic rings. The number of nitrogens with two attached hydrogens (primary N) is 1. The summed E-state index contributed by atoms with van der Waals surface area (Å²) in [4.78, 5) is 38.9. The van der Waals surface area contributed by atoms with Gasteiger partial charge in [-0.2, -0.15) is 0 Å². The van der Waals surface area contributed by atoms with Crippen LogP contribution in [0.25, 0.3) is 10.9 Å². The molecule has 0 atom stereocenters. The number of hydrogen-bond donors (Lipinski definition) is 2. The van der Waals surface area contributed by atoms with Crippen molar-refractivity contribution in [1.29, 1.82) is 0 Å². The van der Waals surface area contributed by atoms with Crippen LogP contribution in [0.5, 0.6) is 0 Å². The molecule has 12 heteroatoms. The highest BCUT2D eigenvalue weighted by atomic mass is 32.2. The molecule has 0 aliphatic heterocycles. The summed E-state index contributed by atoms with van der Waals surface area (Å²) < 4.78 is 23.6. The van der Waals surface area contributed by atoms with Gasteiger partial charge in [0.25, 0.3) is 11.2 Å². The standard InChI is InChI=1S/C18H17N5O6S/c19-30(28,29)14-4-1-12(2-5-14)7-8-20-17(24)10-22-11-21-16-9-13(23(26)27)3-6-15(16)18(22)25/h1-6,9,11H,7-8,10H2,(H,20,24)(H2,19,28,29). The van der Waals surface area contributed by atoms with Crippen molar-refractivity contribution in [2.45, 2.75) is 17.9 Å². The van der Waals surface area contributed by atoms with E-state index in [-0.39, 0.29) is 34.6 Å². The molecule has 3 aromatic rings. The van der Waals surface area contributed by atoms with Gasteiger partial charge in [-0.05, 0) is 30.2 Å². The fourth-order valence-corrected chi connectivity index (χ4v) is 3.29. The maximum absolute atomic E-state index is 12.5. The molecule has 3 N–H and O–H groups in total. The highest BCUT2D eigenvalue weighted by molar-refractivity contribution is 7.89. The Kier molecular flexibility index (Phi) is 5.89. The van der Waals surface area contributed by atoms with Crippen molar-refractivity contribution in [1.82, 2.24) is 14.9 Å². The van der Waals surface area contributed by atoms with E-state index in [1.807, 2.05) is 0 Å². The monoisotopic (exact) mass is 431 g/mol. The summed E-state index contributed by atoms with van der Waals surface area (Å²) in [6.07, 6.45) is 1.62. The third-order valence-electron chi connectivity index (χ3n) is 4.32. The Hall–Kier alpha value is -3.64. The topological polar surface area (TPSA) is 167 Å². The number of benzene rings is 2. The molecule has 1 amide bonds. The van der Waals surface area contributed by atoms with E-state index >= 15 is 0 Å². The Morgan fingerprint density at radius 1 is 1.20 bits per heavy atom. The van der Waals surface area contributed by atoms with E-state index in [2.05, 4.69) is 10.3 Å². The molecule has 0 saturated carbocycles. The normalized spacial score (nSPS) is 11.4. The number of nitro benzene ring substituents is 1. The summed E-state index contributed by atoms with van der Waals surface area (Å²) in [7, 11) is -3.76. The van der Waals surface area contributed by atoms with Gasteiger partial charge in [-0.1, -0.05) is 12.1 Å². The molecule has 2 aromatic carbocycles. The van der Waals surface area contributed by atoms with Crippen LogP contribution in [0.4, 0.5) is 5.69 Å². The molecule has 1 aromatic heterocycles. The van der Waals surface area contributed by atoms with Crippen molar-refractivity contribution in [3.8, 4) is 0 Å². The summed E-state index contributed by atoms with van der Waals surface area (Å²) in [5, 5.41) is 18.7. The van der Waals surface area contributed by atoms with Gasteiger partial charge in [-0.15, -0.1) is 0 Å². The van der Waals surface area contributed by atoms with Crippen LogP contribution < -0.4 is 16.0 Å². The molecule has 11 nitrogen and oxygen atoms in total. The fourth-order valence-electron chi connectivity index (χ4n) is 2.78. The van der Waals surface area contributed by atoms with E-state index in [1.54, 1.807) is 12.1 Å². The zero-order valence-corrected chi connectivity index (χ0v) is 16.3. The molecular weight excluding hydrogens is 414 g/mol. The Labute approximate surface area is 170 Å². The minimum absolute atomic E-state index is 0.00352. The minimum atomic E-state index is -3.76. The second-order valence-electron chi connectivity index (χ2n) is 6.43. The first-order valence-corrected chi connectivity index (χ1v) is 10.2. The van der Waals surface area contributed by atoms with Crippen molar-refractivity contribution in [2.75, 3.05) is 6.54 Å². The van der Waals surface area contributed by atoms with Crippen molar-refractivity contribution in [3.63, 3.8) is 0 Å². The molecule has 1 heterocycles. The lowest BCUT2D eigenvalue weighted by atomic mass is 10.1. The summed E-state index contributed by atoms with van der Waals surface area (Å²) in [6, 6.07) is 9.68. The van der Waals surface area contributed by atoms with E-state index in [0.29, 0.717) is 6.42 Å². The van der Waals surface area contributed by atoms with Crippen LogP contribution in [-0.2, 0) is 27.8 Å². The number of fused-ring (bicyclic) bond motifs is 1. The lowest BCUT2D eigenvalue weighted by Gasteiger charge is -2.08. The van der Waals surface area contributed by atoms with Crippen LogP contribution in [0.3, 0.4) is 0 Å². The van der Waals surface area contributed by atoms with Crippen molar-refractivity contribution >= 4 is 32.5 Å². The van der Waals surface area contributed by atoms with Gasteiger partial charge in [-0.25, -0.2) is 18.5 Å². The van der Waals surface area contributed by atoms with Crippen LogP contribution in [-0.4, -0.2) is 35.3 Å². The highest BCUT2D eigenvalue weighted by Gasteiger charge is 2.12. The average Bonchev–Trinajstić information content (AvgIpc) is 2.69. The maximum Gasteiger partial charge on any atom is 0.271 e. The molecule has 30 heavy (non-hydrogen) atoms. The van der Waals surface area contributed by atoms with Gasteiger partial charge < -0.3 is 5.32 Å². The number of aromatic nitrogens is 2. The van der Waals surface area contributed by atoms with Crippen LogP contribution in [0.1, 0.15) is 5.56 Å². The molecule has 0 bridgehead atoms. The van der Waals surface area contributed by atoms with Gasteiger partial charge in [0, 0.05) is 18.7 Å². The average molecular weight is 431 g/mol. The van der Waals surface area contributed by atoms with Gasteiger partial charge in [-0.3, -0.25) is 24.3 Å². The largest absolute Gasteiger partial charge is 0.354 e. The predicted octanol–water partition coefficient (Wildman–Crippen LogP) is 0.311. The Morgan fingerprint density at radius 3 is 2.53 bits per heavy atom. The number of non-ortho nitro benzene ring substituents is 1. The molecule has 0 radical (unpaired) electrons. The second-order valence-corrected chi connectivity index (χ2v) is 7.99. The number of carbonyl (C=O) groups excluding carboxylic acids is 1. The summed E-state index contributed by atoms with van der Waals surface area (Å²) in [6.45, 7) is 0.0125. The number of rotatable bonds is 7. The van der Waals surface area contributed by atoms with Crippen molar-refractivity contribution in [3.05, 3.63) is 74.8 Å². The predicted molar refractivity (Wildman–Crippen MR) is 107 cm³/mol. The summed E-state index contributed by atoms with van der Waals surface area (Å²) in [5.74, 6) is -0.415. The first-order chi connectivity index (χ1) is 14.1. The van der Waals surface area contributed by atoms with Crippen LogP contribution in [0.2, 0.25) is 0 Å². The SMILES string of the molecule is NS(=O)(=O)c1ccc(CCNC(=O)Cn2cnc3cc([N+](=O)[O-])ccc3c2=O)cc1. The molecule has 0 fully saturated rings. The van der Waals surface area contributed by atoms with Gasteiger partial charge in [0.15, 0.2) is 0 Å². The van der Waals surface area contributed by atoms with Gasteiger partial charge in [0.1, 0.15) is 6.54 Å². The van der Waals surface area contributed by atoms with Crippen LogP contribution >= 0.6 is 0 Å². The van der Waals surface area contributed by atoms with Crippen molar-refractivity contribution in [2.24, 2.45) is 5.14 Å². The molecular formula is C18H17N5O6S. The van der Waals surface area contributed by atoms with Gasteiger partial charge in [0.05, 0.1) is 27.0 Å². The Balaban J connectivity index is 1.61. The number of nitrogens with one attached hydrogen (secondary N) is 1. The third kappa shape index (κ3) is 4.85. The van der Waals surface area contributed by atoms with E-state index in [9.17, 15) is 28.1 Å². The van der Waals surface area contributed by atoms with Crippen LogP contribution in [0.15, 0.2) is 58.5 Å². The molecule has 0 saturated heterocycles. The molecule has 156 valence electrons. The second kappa shape index (κ2) is 8.39. The quantitative estimate of drug-likeness (QED) is 0.401. The maximum atomic E-state index is 12.5. The number of nitro groups is 1. The molecule has 0 spiro atoms. The lowest BCUT2D eigenvalue weighted by molar-refractivity contribution is -0.384. The molecule has 0 unspecified atom stereocenters. The number of sulfonamides is 1. The number of carbonyl (C=O) groups is 1. The minimum Gasteiger partial charge on any atom is -0.354 e. The fraction of sp³-hybridized carbons (Fsp3) is 0.167. The Bertz CT molecular complexity index is 1280. The summed E-state index contributed by atoms with van der Waals surface area (Å²) >= 11 is 0. The van der Waals surface area contributed by atoms with E-state index < -0.39 is 26.4 Å². The van der Waals surface area contributed by atoms with E-state index in [4.69, 9.17) is 5.14 Å². The van der Waals surface area contributed by atoms with E-state index in [1.165, 1.54) is 36.7 Å². The number of amides is 1. The molecule has 0 aliphatic carbocycles. The highest BCUT2D eigenvalue weighted by Crippen LogP contribution is 2.16. The lowest BCUT2D eigenvalue weighted by Crippen LogP contribution is -2.33. The third-order valence-corrected chi connectivity index (χ3v) is 5.25. The zero-order chi connectivity index (χ0) is 21.9. The first kappa shape index (κ1) is 21.1. The van der Waals surface area contributed by atoms with Crippen LogP contribution in [0, 0.1) is 10.1 Å². The smallest absolute Gasteiger partial charge is 0.271 e.